The maximum Gasteiger partial charge on any atom is 0.0972 e. The average Bonchev–Trinajstić information content (AvgIpc) is 2.87. The van der Waals surface area contributed by atoms with E-state index in [0.717, 1.165) is 65.8 Å². The Morgan fingerprint density at radius 3 is 1.53 bits per heavy atom. The zero-order valence-electron chi connectivity index (χ0n) is 17.0. The van der Waals surface area contributed by atoms with Gasteiger partial charge in [0.2, 0.25) is 0 Å². The van der Waals surface area contributed by atoms with Crippen LogP contribution in [0.4, 0.5) is 0 Å². The van der Waals surface area contributed by atoms with Crippen molar-refractivity contribution in [3.05, 3.63) is 97.3 Å². The van der Waals surface area contributed by atoms with Gasteiger partial charge in [-0.25, -0.2) is 9.97 Å². The van der Waals surface area contributed by atoms with Crippen molar-refractivity contribution in [1.82, 2.24) is 19.9 Å². The van der Waals surface area contributed by atoms with E-state index < -0.39 is 0 Å². The minimum Gasteiger partial charge on any atom is -0.256 e. The fourth-order valence-corrected chi connectivity index (χ4v) is 4.54. The Kier molecular flexibility index (Phi) is 3.52. The van der Waals surface area contributed by atoms with Crippen LogP contribution in [0.2, 0.25) is 0 Å². The summed E-state index contributed by atoms with van der Waals surface area (Å²) in [4.78, 5) is 19.3. The molecule has 0 unspecified atom stereocenters. The highest BCUT2D eigenvalue weighted by Crippen LogP contribution is 2.32. The lowest BCUT2D eigenvalue weighted by molar-refractivity contribution is 1.32. The fraction of sp³-hybridized carbons (Fsp3) is 0. The molecule has 4 heterocycles. The van der Waals surface area contributed by atoms with Gasteiger partial charge >= 0.3 is 0 Å². The summed E-state index contributed by atoms with van der Waals surface area (Å²) >= 11 is 0. The van der Waals surface area contributed by atoms with Crippen LogP contribution >= 0.6 is 0 Å². The quantitative estimate of drug-likeness (QED) is 0.284. The van der Waals surface area contributed by atoms with Crippen molar-refractivity contribution in [3.63, 3.8) is 0 Å². The van der Waals surface area contributed by atoms with Crippen LogP contribution in [-0.4, -0.2) is 19.9 Å². The molecule has 0 aliphatic rings. The molecule has 3 aromatic carbocycles. The second kappa shape index (κ2) is 6.53. The summed E-state index contributed by atoms with van der Waals surface area (Å²) in [6.07, 6.45) is 3.65. The minimum atomic E-state index is 0.836. The van der Waals surface area contributed by atoms with Gasteiger partial charge in [0, 0.05) is 39.3 Å². The molecule has 0 amide bonds. The topological polar surface area (TPSA) is 51.6 Å². The molecule has 7 rings (SSSR count). The highest BCUT2D eigenvalue weighted by atomic mass is 14.8. The van der Waals surface area contributed by atoms with Crippen LogP contribution in [0.25, 0.3) is 65.8 Å². The molecule has 32 heavy (non-hydrogen) atoms. The third-order valence-electron chi connectivity index (χ3n) is 6.11. The third-order valence-corrected chi connectivity index (χ3v) is 6.11. The van der Waals surface area contributed by atoms with Gasteiger partial charge in [0.1, 0.15) is 0 Å². The van der Waals surface area contributed by atoms with Gasteiger partial charge in [0.05, 0.1) is 33.5 Å². The third kappa shape index (κ3) is 2.50. The number of hydrogen-bond acceptors (Lipinski definition) is 4. The monoisotopic (exact) mass is 408 g/mol. The first-order valence-corrected chi connectivity index (χ1v) is 10.6. The van der Waals surface area contributed by atoms with Crippen molar-refractivity contribution in [1.29, 1.82) is 0 Å². The molecule has 4 heteroatoms. The smallest absolute Gasteiger partial charge is 0.0972 e. The summed E-state index contributed by atoms with van der Waals surface area (Å²) in [7, 11) is 0. The van der Waals surface area contributed by atoms with Gasteiger partial charge < -0.3 is 0 Å². The zero-order chi connectivity index (χ0) is 21.1. The number of pyridine rings is 4. The van der Waals surface area contributed by atoms with E-state index in [1.807, 2.05) is 36.7 Å². The molecule has 0 spiro atoms. The summed E-state index contributed by atoms with van der Waals surface area (Å²) in [5.41, 5.74) is 5.40. The first-order chi connectivity index (χ1) is 15.8. The van der Waals surface area contributed by atoms with Crippen LogP contribution in [0.5, 0.6) is 0 Å². The van der Waals surface area contributed by atoms with Gasteiger partial charge in [-0.3, -0.25) is 9.97 Å². The molecule has 0 aliphatic heterocycles. The van der Waals surface area contributed by atoms with Crippen molar-refractivity contribution in [2.75, 3.05) is 0 Å². The minimum absolute atomic E-state index is 0.836. The van der Waals surface area contributed by atoms with Crippen LogP contribution in [0.1, 0.15) is 0 Å². The van der Waals surface area contributed by atoms with Crippen molar-refractivity contribution in [2.45, 2.75) is 0 Å². The molecule has 0 N–H and O–H groups in total. The van der Waals surface area contributed by atoms with Gasteiger partial charge in [-0.2, -0.15) is 0 Å². The summed E-state index contributed by atoms with van der Waals surface area (Å²) in [5, 5.41) is 6.57. The van der Waals surface area contributed by atoms with E-state index >= 15 is 0 Å². The summed E-state index contributed by atoms with van der Waals surface area (Å²) in [5.74, 6) is 0. The summed E-state index contributed by atoms with van der Waals surface area (Å²) in [6, 6.07) is 29.1. The van der Waals surface area contributed by atoms with Gasteiger partial charge in [-0.1, -0.05) is 60.7 Å². The van der Waals surface area contributed by atoms with Gasteiger partial charge in [0.15, 0.2) is 0 Å². The molecule has 0 aliphatic carbocycles. The van der Waals surface area contributed by atoms with E-state index in [0.29, 0.717) is 0 Å². The van der Waals surface area contributed by atoms with Crippen molar-refractivity contribution < 1.29 is 0 Å². The average molecular weight is 408 g/mol. The normalized spacial score (nSPS) is 11.8. The highest BCUT2D eigenvalue weighted by molar-refractivity contribution is 6.17. The van der Waals surface area contributed by atoms with Gasteiger partial charge in [0.25, 0.3) is 0 Å². The van der Waals surface area contributed by atoms with Gasteiger partial charge in [-0.15, -0.1) is 0 Å². The second-order valence-electron chi connectivity index (χ2n) is 7.98. The molecular weight excluding hydrogens is 392 g/mol. The van der Waals surface area contributed by atoms with Crippen LogP contribution in [0.3, 0.4) is 0 Å². The lowest BCUT2D eigenvalue weighted by atomic mass is 10.0. The second-order valence-corrected chi connectivity index (χ2v) is 7.98. The Hall–Kier alpha value is -4.44. The largest absolute Gasteiger partial charge is 0.256 e. The molecule has 0 fully saturated rings. The first kappa shape index (κ1) is 17.3. The lowest BCUT2D eigenvalue weighted by Crippen LogP contribution is -1.92. The van der Waals surface area contributed by atoms with Crippen molar-refractivity contribution in [3.8, 4) is 11.4 Å². The van der Waals surface area contributed by atoms with E-state index in [1.165, 1.54) is 0 Å². The molecule has 7 aromatic rings. The van der Waals surface area contributed by atoms with E-state index in [9.17, 15) is 0 Å². The zero-order valence-corrected chi connectivity index (χ0v) is 17.0. The number of aromatic nitrogens is 4. The fourth-order valence-electron chi connectivity index (χ4n) is 4.54. The Morgan fingerprint density at radius 1 is 0.375 bits per heavy atom. The lowest BCUT2D eigenvalue weighted by Gasteiger charge is -2.09. The molecule has 0 saturated carbocycles. The molecule has 148 valence electrons. The molecule has 0 bridgehead atoms. The summed E-state index contributed by atoms with van der Waals surface area (Å²) in [6.45, 7) is 0. The maximum atomic E-state index is 5.09. The summed E-state index contributed by atoms with van der Waals surface area (Å²) < 4.78 is 0. The van der Waals surface area contributed by atoms with Crippen LogP contribution < -0.4 is 0 Å². The number of benzene rings is 3. The standard InChI is InChI=1S/C28H16N4/c1-3-18-7-5-17-6-8-20-11-13-22(31-26(20)24(17)25(18)29-15-1)23-14-12-21-10-9-19-4-2-16-30-27(19)28(21)32-23/h1-16H. The number of rotatable bonds is 1. The Bertz CT molecular complexity index is 1830. The molecule has 0 radical (unpaired) electrons. The van der Waals surface area contributed by atoms with Crippen molar-refractivity contribution >= 4 is 54.4 Å². The van der Waals surface area contributed by atoms with Crippen LogP contribution in [0.15, 0.2) is 97.3 Å². The Labute approximate surface area is 183 Å². The predicted octanol–water partition coefficient (Wildman–Crippen LogP) is 6.70. The van der Waals surface area contributed by atoms with E-state index in [2.05, 4.69) is 70.6 Å². The van der Waals surface area contributed by atoms with Crippen molar-refractivity contribution in [2.24, 2.45) is 0 Å². The molecule has 4 nitrogen and oxygen atoms in total. The number of hydrogen-bond donors (Lipinski definition) is 0. The number of fused-ring (bicyclic) bond motifs is 8. The SMILES string of the molecule is c1cnc2c(c1)ccc1ccc(-c3ccc4ccc5ccc6cccnc6c5c4n3)nc12. The molecule has 0 saturated heterocycles. The van der Waals surface area contributed by atoms with E-state index in [1.54, 1.807) is 0 Å². The molecule has 0 atom stereocenters. The molecular formula is C28H16N4. The Balaban J connectivity index is 1.53. The number of nitrogens with zero attached hydrogens (tertiary/aromatic N) is 4. The highest BCUT2D eigenvalue weighted by Gasteiger charge is 2.11. The molecule has 4 aromatic heterocycles. The maximum absolute atomic E-state index is 5.09. The van der Waals surface area contributed by atoms with Crippen LogP contribution in [0, 0.1) is 0 Å². The van der Waals surface area contributed by atoms with E-state index in [4.69, 9.17) is 9.97 Å². The van der Waals surface area contributed by atoms with Crippen LogP contribution in [-0.2, 0) is 0 Å². The predicted molar refractivity (Wildman–Crippen MR) is 131 cm³/mol. The first-order valence-electron chi connectivity index (χ1n) is 10.6. The van der Waals surface area contributed by atoms with Gasteiger partial charge in [-0.05, 0) is 29.7 Å². The Morgan fingerprint density at radius 2 is 0.844 bits per heavy atom. The van der Waals surface area contributed by atoms with E-state index in [-0.39, 0.29) is 0 Å².